The van der Waals surface area contributed by atoms with E-state index in [1.807, 2.05) is 12.1 Å². The zero-order chi connectivity index (χ0) is 21.1. The van der Waals surface area contributed by atoms with Crippen LogP contribution in [0.5, 0.6) is 11.5 Å². The van der Waals surface area contributed by atoms with Crippen LogP contribution in [0.2, 0.25) is 0 Å². The number of rotatable bonds is 7. The summed E-state index contributed by atoms with van der Waals surface area (Å²) in [6, 6.07) is 10.6. The Balaban J connectivity index is 1.47. The Kier molecular flexibility index (Phi) is 5.42. The largest absolute Gasteiger partial charge is 0.497 e. The highest BCUT2D eigenvalue weighted by Gasteiger charge is 2.28. The van der Waals surface area contributed by atoms with Gasteiger partial charge in [-0.3, -0.25) is 14.3 Å². The minimum absolute atomic E-state index is 0.180. The van der Waals surface area contributed by atoms with Crippen LogP contribution in [0.15, 0.2) is 47.1 Å². The van der Waals surface area contributed by atoms with Gasteiger partial charge in [0.15, 0.2) is 5.69 Å². The average Bonchev–Trinajstić information content (AvgIpc) is 3.44. The molecule has 1 aliphatic heterocycles. The van der Waals surface area contributed by atoms with Crippen LogP contribution in [0.1, 0.15) is 32.3 Å². The number of fused-ring (bicyclic) bond motifs is 1. The van der Waals surface area contributed by atoms with E-state index in [9.17, 15) is 9.59 Å². The summed E-state index contributed by atoms with van der Waals surface area (Å²) in [4.78, 5) is 27.1. The number of furan rings is 1. The Morgan fingerprint density at radius 3 is 2.60 bits per heavy atom. The Morgan fingerprint density at radius 2 is 1.93 bits per heavy atom. The van der Waals surface area contributed by atoms with Crippen LogP contribution < -0.4 is 14.8 Å². The summed E-state index contributed by atoms with van der Waals surface area (Å²) < 4.78 is 17.4. The van der Waals surface area contributed by atoms with E-state index in [0.29, 0.717) is 42.6 Å². The van der Waals surface area contributed by atoms with E-state index in [-0.39, 0.29) is 24.1 Å². The summed E-state index contributed by atoms with van der Waals surface area (Å²) in [5.74, 6) is 1.43. The fraction of sp³-hybridized carbons (Fsp3) is 0.286. The molecule has 1 aliphatic rings. The minimum atomic E-state index is -0.356. The number of methoxy groups -OCH3 is 2. The molecule has 0 unspecified atom stereocenters. The molecule has 9 heteroatoms. The second-order valence-electron chi connectivity index (χ2n) is 6.85. The number of amides is 2. The third-order valence-corrected chi connectivity index (χ3v) is 4.89. The number of hydrogen-bond donors (Lipinski definition) is 1. The first-order valence-corrected chi connectivity index (χ1v) is 9.47. The van der Waals surface area contributed by atoms with Gasteiger partial charge in [-0.1, -0.05) is 0 Å². The number of carbonyl (C=O) groups is 2. The molecule has 9 nitrogen and oxygen atoms in total. The third kappa shape index (κ3) is 4.00. The number of nitrogens with one attached hydrogen (secondary N) is 1. The second-order valence-corrected chi connectivity index (χ2v) is 6.85. The quantitative estimate of drug-likeness (QED) is 0.640. The highest BCUT2D eigenvalue weighted by molar-refractivity contribution is 5.98. The van der Waals surface area contributed by atoms with Crippen molar-refractivity contribution in [3.8, 4) is 11.5 Å². The van der Waals surface area contributed by atoms with E-state index in [4.69, 9.17) is 13.9 Å². The normalized spacial score (nSPS) is 13.1. The van der Waals surface area contributed by atoms with Crippen molar-refractivity contribution in [3.05, 3.63) is 65.4 Å². The summed E-state index contributed by atoms with van der Waals surface area (Å²) in [5.41, 5.74) is 1.48. The van der Waals surface area contributed by atoms with E-state index < -0.39 is 0 Å². The van der Waals surface area contributed by atoms with Gasteiger partial charge in [-0.2, -0.15) is 5.10 Å². The first-order chi connectivity index (χ1) is 14.6. The van der Waals surface area contributed by atoms with E-state index in [1.165, 1.54) is 6.07 Å². The Labute approximate surface area is 173 Å². The summed E-state index contributed by atoms with van der Waals surface area (Å²) in [6.07, 6.45) is 1.54. The maximum Gasteiger partial charge on any atom is 0.272 e. The Hall–Kier alpha value is -3.75. The zero-order valence-corrected chi connectivity index (χ0v) is 16.8. The lowest BCUT2D eigenvalue weighted by Gasteiger charge is -2.27. The first kappa shape index (κ1) is 19.6. The number of benzene rings is 1. The van der Waals surface area contributed by atoms with Gasteiger partial charge >= 0.3 is 0 Å². The fourth-order valence-electron chi connectivity index (χ4n) is 3.35. The highest BCUT2D eigenvalue weighted by atomic mass is 16.5. The highest BCUT2D eigenvalue weighted by Crippen LogP contribution is 2.25. The molecule has 156 valence electrons. The molecule has 0 bridgehead atoms. The Morgan fingerprint density at radius 1 is 1.17 bits per heavy atom. The first-order valence-electron chi connectivity index (χ1n) is 9.47. The molecule has 1 N–H and O–H groups in total. The summed E-state index contributed by atoms with van der Waals surface area (Å²) in [6.45, 7) is 1.65. The maximum absolute atomic E-state index is 13.0. The van der Waals surface area contributed by atoms with Crippen molar-refractivity contribution in [2.75, 3.05) is 20.8 Å². The van der Waals surface area contributed by atoms with Crippen LogP contribution in [0.4, 0.5) is 0 Å². The van der Waals surface area contributed by atoms with Crippen molar-refractivity contribution in [1.82, 2.24) is 20.0 Å². The summed E-state index contributed by atoms with van der Waals surface area (Å²) >= 11 is 0. The number of nitrogens with zero attached hydrogens (tertiary/aromatic N) is 3. The lowest BCUT2D eigenvalue weighted by Crippen LogP contribution is -2.39. The van der Waals surface area contributed by atoms with Gasteiger partial charge in [-0.05, 0) is 29.8 Å². The number of aromatic nitrogens is 2. The van der Waals surface area contributed by atoms with Gasteiger partial charge in [0.05, 0.1) is 33.6 Å². The van der Waals surface area contributed by atoms with E-state index in [1.54, 1.807) is 48.3 Å². The predicted molar refractivity (Wildman–Crippen MR) is 106 cm³/mol. The molecule has 0 spiro atoms. The van der Waals surface area contributed by atoms with Crippen LogP contribution >= 0.6 is 0 Å². The molecule has 0 saturated heterocycles. The topological polar surface area (TPSA) is 98.8 Å². The van der Waals surface area contributed by atoms with E-state index in [2.05, 4.69) is 10.4 Å². The van der Waals surface area contributed by atoms with Gasteiger partial charge in [0.1, 0.15) is 23.0 Å². The van der Waals surface area contributed by atoms with Gasteiger partial charge in [0.25, 0.3) is 11.8 Å². The molecule has 3 heterocycles. The molecule has 0 aliphatic carbocycles. The number of hydrogen-bond acceptors (Lipinski definition) is 6. The molecule has 0 atom stereocenters. The predicted octanol–water partition coefficient (Wildman–Crippen LogP) is 2.08. The van der Waals surface area contributed by atoms with Gasteiger partial charge in [0, 0.05) is 25.2 Å². The van der Waals surface area contributed by atoms with Crippen molar-refractivity contribution in [2.45, 2.75) is 19.6 Å². The van der Waals surface area contributed by atoms with Crippen LogP contribution in [0.3, 0.4) is 0 Å². The number of ether oxygens (including phenoxy) is 2. The van der Waals surface area contributed by atoms with Crippen molar-refractivity contribution in [1.29, 1.82) is 0 Å². The molecule has 1 aromatic carbocycles. The van der Waals surface area contributed by atoms with Gasteiger partial charge in [-0.15, -0.1) is 0 Å². The minimum Gasteiger partial charge on any atom is -0.497 e. The Bertz CT molecular complexity index is 1040. The molecule has 0 radical (unpaired) electrons. The van der Waals surface area contributed by atoms with E-state index in [0.717, 1.165) is 5.56 Å². The van der Waals surface area contributed by atoms with Gasteiger partial charge < -0.3 is 24.1 Å². The second kappa shape index (κ2) is 8.32. The van der Waals surface area contributed by atoms with Crippen molar-refractivity contribution in [3.63, 3.8) is 0 Å². The van der Waals surface area contributed by atoms with Crippen LogP contribution in [0.25, 0.3) is 0 Å². The molecule has 2 amide bonds. The number of carbonyl (C=O) groups excluding carboxylic acids is 2. The van der Waals surface area contributed by atoms with Crippen molar-refractivity contribution >= 4 is 11.8 Å². The van der Waals surface area contributed by atoms with Gasteiger partial charge in [0.2, 0.25) is 0 Å². The smallest absolute Gasteiger partial charge is 0.272 e. The van der Waals surface area contributed by atoms with Crippen LogP contribution in [0, 0.1) is 0 Å². The van der Waals surface area contributed by atoms with Crippen molar-refractivity contribution in [2.24, 2.45) is 0 Å². The molecule has 0 saturated carbocycles. The molecule has 4 rings (SSSR count). The molecule has 0 fully saturated rings. The van der Waals surface area contributed by atoms with Crippen LogP contribution in [-0.4, -0.2) is 47.3 Å². The fourth-order valence-corrected chi connectivity index (χ4v) is 3.35. The van der Waals surface area contributed by atoms with Crippen molar-refractivity contribution < 1.29 is 23.5 Å². The van der Waals surface area contributed by atoms with E-state index >= 15 is 0 Å². The standard InChI is InChI=1S/C21H22N4O5/c1-28-16-8-14(9-17(10-16)29-2)13-24-5-6-25-19(21(24)27)11-18(23-25)20(26)22-12-15-4-3-7-30-15/h3-4,7-11H,5-6,12-13H2,1-2H3,(H,22,26). The zero-order valence-electron chi connectivity index (χ0n) is 16.8. The molecular weight excluding hydrogens is 388 g/mol. The lowest BCUT2D eigenvalue weighted by atomic mass is 10.1. The maximum atomic E-state index is 13.0. The third-order valence-electron chi connectivity index (χ3n) is 4.89. The lowest BCUT2D eigenvalue weighted by molar-refractivity contribution is 0.0682. The summed E-state index contributed by atoms with van der Waals surface area (Å²) in [5, 5.41) is 7.02. The van der Waals surface area contributed by atoms with Gasteiger partial charge in [-0.25, -0.2) is 0 Å². The van der Waals surface area contributed by atoms with Crippen LogP contribution in [-0.2, 0) is 19.6 Å². The molecule has 3 aromatic rings. The monoisotopic (exact) mass is 410 g/mol. The summed E-state index contributed by atoms with van der Waals surface area (Å²) in [7, 11) is 3.17. The molecular formula is C21H22N4O5. The SMILES string of the molecule is COc1cc(CN2CCn3nc(C(=O)NCc4ccco4)cc3C2=O)cc(OC)c1. The molecule has 30 heavy (non-hydrogen) atoms. The molecule has 2 aromatic heterocycles. The average molecular weight is 410 g/mol.